The molecule has 1 fully saturated rings. The first-order valence-electron chi connectivity index (χ1n) is 6.41. The molecule has 0 aromatic carbocycles. The average Bonchev–Trinajstić information content (AvgIpc) is 2.45. The standard InChI is InChI=1S/C14H19N3O/c15-11-13-6-2-4-10-17(13)14(18)8-7-12-5-1-3-9-16-12/h1,3,5,7-9,13H,2,4,6,10-11,15H2/b8-7+. The highest BCUT2D eigenvalue weighted by atomic mass is 16.2. The molecule has 0 saturated carbocycles. The molecule has 2 N–H and O–H groups in total. The van der Waals surface area contributed by atoms with Crippen molar-refractivity contribution in [2.75, 3.05) is 13.1 Å². The lowest BCUT2D eigenvalue weighted by atomic mass is 10.0. The molecule has 4 heteroatoms. The van der Waals surface area contributed by atoms with Crippen LogP contribution in [-0.4, -0.2) is 34.9 Å². The SMILES string of the molecule is NCC1CCCCN1C(=O)/C=C/c1ccccn1. The fraction of sp³-hybridized carbons (Fsp3) is 0.429. The second-order valence-electron chi connectivity index (χ2n) is 4.50. The number of hydrogen-bond acceptors (Lipinski definition) is 3. The van der Waals surface area contributed by atoms with Crippen molar-refractivity contribution in [1.29, 1.82) is 0 Å². The average molecular weight is 245 g/mol. The van der Waals surface area contributed by atoms with Gasteiger partial charge in [0.1, 0.15) is 0 Å². The van der Waals surface area contributed by atoms with Crippen molar-refractivity contribution in [3.05, 3.63) is 36.2 Å². The number of nitrogens with two attached hydrogens (primary N) is 1. The largest absolute Gasteiger partial charge is 0.335 e. The summed E-state index contributed by atoms with van der Waals surface area (Å²) in [6, 6.07) is 5.83. The third-order valence-electron chi connectivity index (χ3n) is 3.27. The first-order chi connectivity index (χ1) is 8.81. The van der Waals surface area contributed by atoms with Crippen LogP contribution in [0.4, 0.5) is 0 Å². The Bertz CT molecular complexity index is 416. The molecule has 1 atom stereocenters. The number of amides is 1. The number of likely N-dealkylation sites (tertiary alicyclic amines) is 1. The minimum atomic E-state index is 0.0378. The molecule has 1 aliphatic rings. The van der Waals surface area contributed by atoms with Gasteiger partial charge in [0.2, 0.25) is 5.91 Å². The summed E-state index contributed by atoms with van der Waals surface area (Å²) in [4.78, 5) is 18.1. The van der Waals surface area contributed by atoms with Gasteiger partial charge in [0.15, 0.2) is 0 Å². The van der Waals surface area contributed by atoms with Crippen LogP contribution >= 0.6 is 0 Å². The van der Waals surface area contributed by atoms with Crippen molar-refractivity contribution in [1.82, 2.24) is 9.88 Å². The van der Waals surface area contributed by atoms with Crippen molar-refractivity contribution in [2.45, 2.75) is 25.3 Å². The third-order valence-corrected chi connectivity index (χ3v) is 3.27. The zero-order valence-electron chi connectivity index (χ0n) is 10.5. The van der Waals surface area contributed by atoms with Crippen molar-refractivity contribution in [3.63, 3.8) is 0 Å². The Kier molecular flexibility index (Phi) is 4.47. The first kappa shape index (κ1) is 12.8. The lowest BCUT2D eigenvalue weighted by molar-refractivity contribution is -0.129. The second kappa shape index (κ2) is 6.31. The van der Waals surface area contributed by atoms with E-state index in [4.69, 9.17) is 5.73 Å². The maximum Gasteiger partial charge on any atom is 0.246 e. The van der Waals surface area contributed by atoms with Crippen LogP contribution in [0.15, 0.2) is 30.5 Å². The number of carbonyl (C=O) groups is 1. The zero-order valence-corrected chi connectivity index (χ0v) is 10.5. The normalized spacial score (nSPS) is 20.3. The second-order valence-corrected chi connectivity index (χ2v) is 4.50. The van der Waals surface area contributed by atoms with Gasteiger partial charge in [-0.3, -0.25) is 9.78 Å². The smallest absolute Gasteiger partial charge is 0.246 e. The Morgan fingerprint density at radius 1 is 1.50 bits per heavy atom. The van der Waals surface area contributed by atoms with E-state index in [9.17, 15) is 4.79 Å². The Balaban J connectivity index is 2.00. The number of nitrogens with zero attached hydrogens (tertiary/aromatic N) is 2. The molecule has 1 aromatic rings. The Hall–Kier alpha value is -1.68. The van der Waals surface area contributed by atoms with E-state index >= 15 is 0 Å². The van der Waals surface area contributed by atoms with Gasteiger partial charge in [0.05, 0.1) is 5.69 Å². The summed E-state index contributed by atoms with van der Waals surface area (Å²) in [5.74, 6) is 0.0378. The van der Waals surface area contributed by atoms with Gasteiger partial charge in [-0.05, 0) is 37.5 Å². The van der Waals surface area contributed by atoms with Crippen molar-refractivity contribution < 1.29 is 4.79 Å². The highest BCUT2D eigenvalue weighted by Crippen LogP contribution is 2.16. The number of pyridine rings is 1. The van der Waals surface area contributed by atoms with Crippen LogP contribution in [0.5, 0.6) is 0 Å². The molecule has 1 saturated heterocycles. The molecule has 4 nitrogen and oxygen atoms in total. The Morgan fingerprint density at radius 3 is 3.11 bits per heavy atom. The van der Waals surface area contributed by atoms with Gasteiger partial charge in [0.25, 0.3) is 0 Å². The Labute approximate surface area is 108 Å². The predicted molar refractivity (Wildman–Crippen MR) is 71.7 cm³/mol. The predicted octanol–water partition coefficient (Wildman–Crippen LogP) is 1.43. The topological polar surface area (TPSA) is 59.2 Å². The highest BCUT2D eigenvalue weighted by Gasteiger charge is 2.23. The third kappa shape index (κ3) is 3.17. The van der Waals surface area contributed by atoms with Gasteiger partial charge in [-0.2, -0.15) is 0 Å². The van der Waals surface area contributed by atoms with E-state index in [1.807, 2.05) is 23.1 Å². The van der Waals surface area contributed by atoms with E-state index in [-0.39, 0.29) is 11.9 Å². The summed E-state index contributed by atoms with van der Waals surface area (Å²) >= 11 is 0. The van der Waals surface area contributed by atoms with Gasteiger partial charge in [-0.1, -0.05) is 6.07 Å². The molecule has 1 aliphatic heterocycles. The molecule has 2 heterocycles. The minimum absolute atomic E-state index is 0.0378. The van der Waals surface area contributed by atoms with Crippen molar-refractivity contribution in [3.8, 4) is 0 Å². The number of hydrogen-bond donors (Lipinski definition) is 1. The lowest BCUT2D eigenvalue weighted by Gasteiger charge is -2.34. The fourth-order valence-corrected chi connectivity index (χ4v) is 2.26. The van der Waals surface area contributed by atoms with Crippen LogP contribution in [0.1, 0.15) is 25.0 Å². The van der Waals surface area contributed by atoms with Crippen LogP contribution in [0.2, 0.25) is 0 Å². The molecule has 1 amide bonds. The van der Waals surface area contributed by atoms with Crippen LogP contribution in [-0.2, 0) is 4.79 Å². The Morgan fingerprint density at radius 2 is 2.39 bits per heavy atom. The van der Waals surface area contributed by atoms with Gasteiger partial charge in [0, 0.05) is 31.4 Å². The minimum Gasteiger partial charge on any atom is -0.335 e. The molecule has 1 aromatic heterocycles. The van der Waals surface area contributed by atoms with Crippen LogP contribution in [0.25, 0.3) is 6.08 Å². The van der Waals surface area contributed by atoms with Crippen molar-refractivity contribution >= 4 is 12.0 Å². The summed E-state index contributed by atoms with van der Waals surface area (Å²) in [7, 11) is 0. The summed E-state index contributed by atoms with van der Waals surface area (Å²) in [5, 5.41) is 0. The molecular weight excluding hydrogens is 226 g/mol. The molecule has 96 valence electrons. The monoisotopic (exact) mass is 245 g/mol. The quantitative estimate of drug-likeness (QED) is 0.820. The summed E-state index contributed by atoms with van der Waals surface area (Å²) in [6.45, 7) is 1.36. The molecule has 0 bridgehead atoms. The molecule has 0 radical (unpaired) electrons. The number of piperidine rings is 1. The lowest BCUT2D eigenvalue weighted by Crippen LogP contribution is -2.46. The van der Waals surface area contributed by atoms with E-state index in [2.05, 4.69) is 4.98 Å². The van der Waals surface area contributed by atoms with E-state index in [0.29, 0.717) is 6.54 Å². The summed E-state index contributed by atoms with van der Waals surface area (Å²) < 4.78 is 0. The zero-order chi connectivity index (χ0) is 12.8. The number of aromatic nitrogens is 1. The van der Waals surface area contributed by atoms with Gasteiger partial charge in [-0.15, -0.1) is 0 Å². The highest BCUT2D eigenvalue weighted by molar-refractivity contribution is 5.91. The van der Waals surface area contributed by atoms with Crippen LogP contribution in [0, 0.1) is 0 Å². The van der Waals surface area contributed by atoms with Crippen LogP contribution in [0.3, 0.4) is 0 Å². The molecule has 0 spiro atoms. The number of carbonyl (C=O) groups excluding carboxylic acids is 1. The van der Waals surface area contributed by atoms with Gasteiger partial charge >= 0.3 is 0 Å². The summed E-state index contributed by atoms with van der Waals surface area (Å²) in [5.41, 5.74) is 6.51. The van der Waals surface area contributed by atoms with Gasteiger partial charge < -0.3 is 10.6 Å². The molecule has 18 heavy (non-hydrogen) atoms. The molecular formula is C14H19N3O. The maximum atomic E-state index is 12.1. The van der Waals surface area contributed by atoms with E-state index in [1.165, 1.54) is 0 Å². The van der Waals surface area contributed by atoms with E-state index < -0.39 is 0 Å². The molecule has 0 aliphatic carbocycles. The van der Waals surface area contributed by atoms with Crippen LogP contribution < -0.4 is 5.73 Å². The molecule has 2 rings (SSSR count). The maximum absolute atomic E-state index is 12.1. The molecule has 1 unspecified atom stereocenters. The summed E-state index contributed by atoms with van der Waals surface area (Å²) in [6.07, 6.45) is 8.31. The van der Waals surface area contributed by atoms with Crippen molar-refractivity contribution in [2.24, 2.45) is 5.73 Å². The fourth-order valence-electron chi connectivity index (χ4n) is 2.26. The van der Waals surface area contributed by atoms with E-state index in [0.717, 1.165) is 31.5 Å². The number of rotatable bonds is 3. The van der Waals surface area contributed by atoms with E-state index in [1.54, 1.807) is 18.3 Å². The van der Waals surface area contributed by atoms with Gasteiger partial charge in [-0.25, -0.2) is 0 Å². The first-order valence-corrected chi connectivity index (χ1v) is 6.41.